The van der Waals surface area contributed by atoms with Gasteiger partial charge in [-0.15, -0.1) is 24.8 Å². The molecule has 2 fully saturated rings. The first-order valence-electron chi connectivity index (χ1n) is 7.99. The van der Waals surface area contributed by atoms with Crippen LogP contribution in [0.1, 0.15) is 31.2 Å². The van der Waals surface area contributed by atoms with Crippen LogP contribution in [-0.4, -0.2) is 31.1 Å². The molecule has 2 aliphatic heterocycles. The van der Waals surface area contributed by atoms with Gasteiger partial charge in [-0.1, -0.05) is 23.7 Å². The van der Waals surface area contributed by atoms with E-state index < -0.39 is 0 Å². The molecule has 0 atom stereocenters. The van der Waals surface area contributed by atoms with Crippen molar-refractivity contribution in [3.63, 3.8) is 0 Å². The summed E-state index contributed by atoms with van der Waals surface area (Å²) in [6, 6.07) is 8.31. The van der Waals surface area contributed by atoms with Gasteiger partial charge in [0, 0.05) is 11.6 Å². The van der Waals surface area contributed by atoms with E-state index in [2.05, 4.69) is 22.3 Å². The lowest BCUT2D eigenvalue weighted by Crippen LogP contribution is -2.39. The molecule has 0 saturated carbocycles. The SMILES string of the molecule is Cl.Cl.Clc1ccc(CN2CCC(C3CCNCC3)CC2)cc1. The van der Waals surface area contributed by atoms with E-state index in [9.17, 15) is 0 Å². The van der Waals surface area contributed by atoms with E-state index >= 15 is 0 Å². The molecule has 3 rings (SSSR count). The molecule has 2 saturated heterocycles. The van der Waals surface area contributed by atoms with E-state index in [-0.39, 0.29) is 24.8 Å². The normalized spacial score (nSPS) is 21.0. The maximum absolute atomic E-state index is 5.94. The highest BCUT2D eigenvalue weighted by Crippen LogP contribution is 2.31. The fourth-order valence-corrected chi connectivity index (χ4v) is 3.87. The van der Waals surface area contributed by atoms with E-state index in [1.54, 1.807) is 0 Å². The lowest BCUT2D eigenvalue weighted by atomic mass is 9.79. The molecular weight excluding hydrogens is 339 g/mol. The van der Waals surface area contributed by atoms with Crippen molar-refractivity contribution in [1.29, 1.82) is 0 Å². The predicted octanol–water partition coefficient (Wildman–Crippen LogP) is 4.40. The Hall–Kier alpha value is 0.01000. The van der Waals surface area contributed by atoms with Crippen LogP contribution < -0.4 is 5.32 Å². The summed E-state index contributed by atoms with van der Waals surface area (Å²) in [6.45, 7) is 6.07. The molecule has 1 aromatic carbocycles. The Labute approximate surface area is 151 Å². The summed E-state index contributed by atoms with van der Waals surface area (Å²) in [5, 5.41) is 4.31. The third-order valence-corrected chi connectivity index (χ3v) is 5.25. The van der Waals surface area contributed by atoms with Crippen LogP contribution in [-0.2, 0) is 6.54 Å². The maximum atomic E-state index is 5.94. The number of nitrogens with one attached hydrogen (secondary N) is 1. The van der Waals surface area contributed by atoms with Crippen molar-refractivity contribution >= 4 is 36.4 Å². The van der Waals surface area contributed by atoms with Crippen LogP contribution >= 0.6 is 36.4 Å². The standard InChI is InChI=1S/C17H25ClN2.2ClH/c18-17-3-1-14(2-4-17)13-20-11-7-16(8-12-20)15-5-9-19-10-6-15;;/h1-4,15-16,19H,5-13H2;2*1H. The molecule has 1 N–H and O–H groups in total. The van der Waals surface area contributed by atoms with Gasteiger partial charge in [-0.25, -0.2) is 0 Å². The van der Waals surface area contributed by atoms with Crippen molar-refractivity contribution in [2.75, 3.05) is 26.2 Å². The van der Waals surface area contributed by atoms with Gasteiger partial charge in [-0.2, -0.15) is 0 Å². The summed E-state index contributed by atoms with van der Waals surface area (Å²) in [7, 11) is 0. The largest absolute Gasteiger partial charge is 0.317 e. The first-order valence-corrected chi connectivity index (χ1v) is 8.36. The summed E-state index contributed by atoms with van der Waals surface area (Å²) in [6.07, 6.45) is 5.56. The monoisotopic (exact) mass is 364 g/mol. The highest BCUT2D eigenvalue weighted by atomic mass is 35.5. The summed E-state index contributed by atoms with van der Waals surface area (Å²) >= 11 is 5.94. The molecule has 0 spiro atoms. The van der Waals surface area contributed by atoms with Gasteiger partial charge in [0.15, 0.2) is 0 Å². The number of benzene rings is 1. The van der Waals surface area contributed by atoms with E-state index in [1.807, 2.05) is 12.1 Å². The molecule has 0 unspecified atom stereocenters. The van der Waals surface area contributed by atoms with Crippen LogP contribution in [0.4, 0.5) is 0 Å². The molecule has 0 amide bonds. The minimum absolute atomic E-state index is 0. The second-order valence-corrected chi connectivity index (χ2v) is 6.76. The molecular formula is C17H27Cl3N2. The number of hydrogen-bond acceptors (Lipinski definition) is 2. The Kier molecular flexibility index (Phi) is 9.11. The van der Waals surface area contributed by atoms with Gasteiger partial charge in [0.05, 0.1) is 0 Å². The molecule has 126 valence electrons. The van der Waals surface area contributed by atoms with Gasteiger partial charge in [0.25, 0.3) is 0 Å². The van der Waals surface area contributed by atoms with Crippen LogP contribution in [0.2, 0.25) is 5.02 Å². The first-order chi connectivity index (χ1) is 9.81. The topological polar surface area (TPSA) is 15.3 Å². The van der Waals surface area contributed by atoms with Crippen molar-refractivity contribution in [3.8, 4) is 0 Å². The molecule has 0 aliphatic carbocycles. The van der Waals surface area contributed by atoms with E-state index in [1.165, 1.54) is 57.4 Å². The van der Waals surface area contributed by atoms with E-state index in [0.29, 0.717) is 0 Å². The summed E-state index contributed by atoms with van der Waals surface area (Å²) < 4.78 is 0. The lowest BCUT2D eigenvalue weighted by molar-refractivity contribution is 0.126. The van der Waals surface area contributed by atoms with Gasteiger partial charge in [0.2, 0.25) is 0 Å². The Balaban J connectivity index is 0.00000121. The van der Waals surface area contributed by atoms with Crippen molar-refractivity contribution in [1.82, 2.24) is 10.2 Å². The lowest BCUT2D eigenvalue weighted by Gasteiger charge is -2.37. The zero-order valence-electron chi connectivity index (χ0n) is 13.0. The highest BCUT2D eigenvalue weighted by Gasteiger charge is 2.27. The van der Waals surface area contributed by atoms with Crippen LogP contribution in [0.3, 0.4) is 0 Å². The number of likely N-dealkylation sites (tertiary alicyclic amines) is 1. The second kappa shape index (κ2) is 10.00. The van der Waals surface area contributed by atoms with Crippen LogP contribution in [0, 0.1) is 11.8 Å². The average molecular weight is 366 g/mol. The third kappa shape index (κ3) is 5.58. The summed E-state index contributed by atoms with van der Waals surface area (Å²) in [5.41, 5.74) is 1.38. The average Bonchev–Trinajstić information content (AvgIpc) is 2.51. The van der Waals surface area contributed by atoms with Crippen LogP contribution in [0.15, 0.2) is 24.3 Å². The predicted molar refractivity (Wildman–Crippen MR) is 99.5 cm³/mol. The number of piperidine rings is 2. The summed E-state index contributed by atoms with van der Waals surface area (Å²) in [5.74, 6) is 1.95. The highest BCUT2D eigenvalue weighted by molar-refractivity contribution is 6.30. The number of nitrogens with zero attached hydrogens (tertiary/aromatic N) is 1. The second-order valence-electron chi connectivity index (χ2n) is 6.33. The quantitative estimate of drug-likeness (QED) is 0.854. The van der Waals surface area contributed by atoms with Gasteiger partial charge in [0.1, 0.15) is 0 Å². The zero-order chi connectivity index (χ0) is 13.8. The molecule has 5 heteroatoms. The van der Waals surface area contributed by atoms with E-state index in [4.69, 9.17) is 11.6 Å². The van der Waals surface area contributed by atoms with E-state index in [0.717, 1.165) is 23.4 Å². The first kappa shape index (κ1) is 20.1. The van der Waals surface area contributed by atoms with Crippen molar-refractivity contribution < 1.29 is 0 Å². The zero-order valence-corrected chi connectivity index (χ0v) is 15.4. The fraction of sp³-hybridized carbons (Fsp3) is 0.647. The number of hydrogen-bond donors (Lipinski definition) is 1. The van der Waals surface area contributed by atoms with Gasteiger partial charge >= 0.3 is 0 Å². The number of halogens is 3. The minimum atomic E-state index is 0. The smallest absolute Gasteiger partial charge is 0.0406 e. The van der Waals surface area contributed by atoms with Gasteiger partial charge in [-0.3, -0.25) is 4.90 Å². The van der Waals surface area contributed by atoms with Crippen LogP contribution in [0.5, 0.6) is 0 Å². The number of rotatable bonds is 3. The molecule has 1 aromatic rings. The summed E-state index contributed by atoms with van der Waals surface area (Å²) in [4.78, 5) is 2.60. The molecule has 0 bridgehead atoms. The molecule has 0 radical (unpaired) electrons. The molecule has 22 heavy (non-hydrogen) atoms. The molecule has 0 aromatic heterocycles. The van der Waals surface area contributed by atoms with Crippen molar-refractivity contribution in [2.24, 2.45) is 11.8 Å². The Morgan fingerprint density at radius 3 is 2.05 bits per heavy atom. The Morgan fingerprint density at radius 2 is 1.45 bits per heavy atom. The molecule has 2 nitrogen and oxygen atoms in total. The Bertz CT molecular complexity index is 410. The van der Waals surface area contributed by atoms with Crippen LogP contribution in [0.25, 0.3) is 0 Å². The third-order valence-electron chi connectivity index (χ3n) is 5.00. The van der Waals surface area contributed by atoms with Crippen molar-refractivity contribution in [2.45, 2.75) is 32.2 Å². The molecule has 2 heterocycles. The maximum Gasteiger partial charge on any atom is 0.0406 e. The molecule has 2 aliphatic rings. The fourth-order valence-electron chi connectivity index (χ4n) is 3.75. The minimum Gasteiger partial charge on any atom is -0.317 e. The van der Waals surface area contributed by atoms with Gasteiger partial charge in [-0.05, 0) is 81.4 Å². The van der Waals surface area contributed by atoms with Gasteiger partial charge < -0.3 is 5.32 Å². The van der Waals surface area contributed by atoms with Crippen molar-refractivity contribution in [3.05, 3.63) is 34.9 Å². The Morgan fingerprint density at radius 1 is 0.909 bits per heavy atom.